The highest BCUT2D eigenvalue weighted by Gasteiger charge is 2.47. The first-order valence-corrected chi connectivity index (χ1v) is 8.05. The summed E-state index contributed by atoms with van der Waals surface area (Å²) in [7, 11) is -2.83. The van der Waals surface area contributed by atoms with Gasteiger partial charge in [0.05, 0.1) is 0 Å². The van der Waals surface area contributed by atoms with Gasteiger partial charge in [-0.05, 0) is 40.5 Å². The van der Waals surface area contributed by atoms with Crippen LogP contribution in [0.3, 0.4) is 0 Å². The molecule has 0 saturated carbocycles. The summed E-state index contributed by atoms with van der Waals surface area (Å²) in [6.45, 7) is 7.20. The van der Waals surface area contributed by atoms with E-state index < -0.39 is 32.9 Å². The molecule has 0 unspecified atom stereocenters. The van der Waals surface area contributed by atoms with Crippen LogP contribution >= 0.6 is 0 Å². The van der Waals surface area contributed by atoms with E-state index in [0.29, 0.717) is 12.8 Å². The number of rotatable bonds is 3. The van der Waals surface area contributed by atoms with Gasteiger partial charge in [-0.25, -0.2) is 0 Å². The monoisotopic (exact) mass is 307 g/mol. The summed E-state index contributed by atoms with van der Waals surface area (Å²) in [6, 6.07) is -0.237. The first-order valence-electron chi connectivity index (χ1n) is 6.44. The van der Waals surface area contributed by atoms with E-state index in [0.717, 1.165) is 5.06 Å². The normalized spacial score (nSPS) is 23.6. The van der Waals surface area contributed by atoms with Crippen LogP contribution < -0.4 is 0 Å². The van der Waals surface area contributed by atoms with Crippen molar-refractivity contribution in [3.63, 3.8) is 0 Å². The molecule has 0 aromatic rings. The largest absolute Gasteiger partial charge is 0.342 e. The zero-order chi connectivity index (χ0) is 15.9. The summed E-state index contributed by atoms with van der Waals surface area (Å²) >= 11 is 0. The maximum absolute atomic E-state index is 12.2. The zero-order valence-electron chi connectivity index (χ0n) is 12.6. The Hall–Kier alpha value is -0.700. The number of carbonyl (C=O) groups excluding carboxylic acids is 1. The van der Waals surface area contributed by atoms with Crippen LogP contribution in [0.1, 0.15) is 40.5 Å². The Morgan fingerprint density at radius 2 is 1.65 bits per heavy atom. The van der Waals surface area contributed by atoms with Crippen molar-refractivity contribution in [3.8, 4) is 0 Å². The zero-order valence-corrected chi connectivity index (χ0v) is 13.4. The van der Waals surface area contributed by atoms with Gasteiger partial charge in [-0.1, -0.05) is 0 Å². The first kappa shape index (κ1) is 17.4. The molecule has 8 heteroatoms. The lowest BCUT2D eigenvalue weighted by Gasteiger charge is -2.51. The summed E-state index contributed by atoms with van der Waals surface area (Å²) in [6.07, 6.45) is 0.904. The lowest BCUT2D eigenvalue weighted by atomic mass is 9.78. The van der Waals surface area contributed by atoms with Crippen molar-refractivity contribution in [1.29, 1.82) is 0 Å². The van der Waals surface area contributed by atoms with Crippen LogP contribution in [0, 0.1) is 0 Å². The molecule has 1 heterocycles. The van der Waals surface area contributed by atoms with Gasteiger partial charge in [0.25, 0.3) is 10.1 Å². The minimum atomic E-state index is -4.34. The number of hydrogen-bond donors (Lipinski definition) is 1. The second kappa shape index (κ2) is 5.25. The van der Waals surface area contributed by atoms with Crippen LogP contribution in [-0.4, -0.2) is 58.8 Å². The fourth-order valence-electron chi connectivity index (χ4n) is 2.95. The Kier molecular flexibility index (Phi) is 4.55. The Morgan fingerprint density at radius 3 is 2.00 bits per heavy atom. The lowest BCUT2D eigenvalue weighted by molar-refractivity contribution is -0.293. The molecule has 0 bridgehead atoms. The SMILES string of the molecule is CN(C(=O)CS(=O)(=O)O)C1CC(C)(C)N([O])C(C)(C)C1. The summed E-state index contributed by atoms with van der Waals surface area (Å²) < 4.78 is 30.3. The highest BCUT2D eigenvalue weighted by atomic mass is 32.2. The number of amides is 1. The van der Waals surface area contributed by atoms with Crippen molar-refractivity contribution in [3.05, 3.63) is 0 Å². The second-order valence-corrected chi connectivity index (χ2v) is 8.16. The van der Waals surface area contributed by atoms with Gasteiger partial charge in [-0.15, -0.1) is 10.3 Å². The Bertz CT molecular complexity index is 468. The summed E-state index contributed by atoms with van der Waals surface area (Å²) in [5.74, 6) is -1.59. The molecule has 0 aromatic carbocycles. The van der Waals surface area contributed by atoms with E-state index in [2.05, 4.69) is 0 Å². The van der Waals surface area contributed by atoms with E-state index in [1.165, 1.54) is 11.9 Å². The molecular formula is C12H23N2O5S. The molecule has 1 aliphatic heterocycles. The molecule has 7 nitrogen and oxygen atoms in total. The standard InChI is InChI=1S/C12H23N2O5S/c1-11(2)6-9(7-12(3,4)14(11)16)13(5)10(15)8-20(17,18)19/h9H,6-8H2,1-5H3,(H,17,18,19). The second-order valence-electron chi connectivity index (χ2n) is 6.71. The topological polar surface area (TPSA) is 97.8 Å². The van der Waals surface area contributed by atoms with Gasteiger partial charge < -0.3 is 4.90 Å². The average molecular weight is 307 g/mol. The highest BCUT2D eigenvalue weighted by molar-refractivity contribution is 7.86. The minimum absolute atomic E-state index is 0.237. The lowest BCUT2D eigenvalue weighted by Crippen LogP contribution is -2.62. The van der Waals surface area contributed by atoms with Gasteiger partial charge in [0.1, 0.15) is 0 Å². The van der Waals surface area contributed by atoms with Crippen molar-refractivity contribution in [2.45, 2.75) is 57.7 Å². The molecule has 117 valence electrons. The predicted octanol–water partition coefficient (Wildman–Crippen LogP) is 0.700. The molecule has 20 heavy (non-hydrogen) atoms. The van der Waals surface area contributed by atoms with Crippen molar-refractivity contribution in [1.82, 2.24) is 9.96 Å². The molecule has 1 N–H and O–H groups in total. The van der Waals surface area contributed by atoms with E-state index in [-0.39, 0.29) is 6.04 Å². The number of carbonyl (C=O) groups is 1. The minimum Gasteiger partial charge on any atom is -0.342 e. The molecule has 1 amide bonds. The molecule has 1 saturated heterocycles. The van der Waals surface area contributed by atoms with Crippen LogP contribution in [0.5, 0.6) is 0 Å². The van der Waals surface area contributed by atoms with Crippen LogP contribution in [0.4, 0.5) is 0 Å². The van der Waals surface area contributed by atoms with Gasteiger partial charge in [0, 0.05) is 24.2 Å². The molecular weight excluding hydrogens is 284 g/mol. The number of hydrogen-bond acceptors (Lipinski definition) is 4. The van der Waals surface area contributed by atoms with E-state index >= 15 is 0 Å². The maximum atomic E-state index is 12.2. The fraction of sp³-hybridized carbons (Fsp3) is 0.917. The van der Waals surface area contributed by atoms with Gasteiger partial charge >= 0.3 is 0 Å². The average Bonchev–Trinajstić information content (AvgIpc) is 2.21. The first-order chi connectivity index (χ1) is 8.76. The highest BCUT2D eigenvalue weighted by Crippen LogP contribution is 2.38. The molecule has 1 rings (SSSR count). The Labute approximate surface area is 120 Å². The van der Waals surface area contributed by atoms with Crippen molar-refractivity contribution >= 4 is 16.0 Å². The maximum Gasteiger partial charge on any atom is 0.274 e. The fourth-order valence-corrected chi connectivity index (χ4v) is 3.46. The van der Waals surface area contributed by atoms with Crippen LogP contribution in [0.15, 0.2) is 0 Å². The van der Waals surface area contributed by atoms with Crippen molar-refractivity contribution in [2.75, 3.05) is 12.8 Å². The number of hydroxylamine groups is 2. The van der Waals surface area contributed by atoms with E-state index in [1.807, 2.05) is 0 Å². The summed E-state index contributed by atoms with van der Waals surface area (Å²) in [5.41, 5.74) is -1.28. The number of nitrogens with zero attached hydrogens (tertiary/aromatic N) is 2. The molecule has 0 atom stereocenters. The Morgan fingerprint density at radius 1 is 1.25 bits per heavy atom. The third kappa shape index (κ3) is 3.91. The third-order valence-electron chi connectivity index (χ3n) is 3.82. The molecule has 0 aliphatic carbocycles. The summed E-state index contributed by atoms with van der Waals surface area (Å²) in [5, 5.41) is 13.3. The van der Waals surface area contributed by atoms with E-state index in [1.54, 1.807) is 27.7 Å². The van der Waals surface area contributed by atoms with Gasteiger partial charge in [-0.3, -0.25) is 9.35 Å². The molecule has 1 radical (unpaired) electrons. The molecule has 1 aliphatic rings. The number of piperidine rings is 1. The van der Waals surface area contributed by atoms with Gasteiger partial charge in [0.2, 0.25) is 5.91 Å². The van der Waals surface area contributed by atoms with E-state index in [9.17, 15) is 18.4 Å². The molecule has 0 spiro atoms. The van der Waals surface area contributed by atoms with Crippen LogP contribution in [0.2, 0.25) is 0 Å². The van der Waals surface area contributed by atoms with E-state index in [4.69, 9.17) is 4.55 Å². The predicted molar refractivity (Wildman–Crippen MR) is 72.9 cm³/mol. The quantitative estimate of drug-likeness (QED) is 0.774. The molecule has 0 aromatic heterocycles. The molecule has 1 fully saturated rings. The summed E-state index contributed by atoms with van der Waals surface area (Å²) in [4.78, 5) is 13.2. The van der Waals surface area contributed by atoms with Gasteiger partial charge in [-0.2, -0.15) is 8.42 Å². The van der Waals surface area contributed by atoms with Crippen LogP contribution in [0.25, 0.3) is 0 Å². The third-order valence-corrected chi connectivity index (χ3v) is 4.43. The van der Waals surface area contributed by atoms with Gasteiger partial charge in [0.15, 0.2) is 5.75 Å². The smallest absolute Gasteiger partial charge is 0.274 e. The van der Waals surface area contributed by atoms with Crippen molar-refractivity contribution in [2.24, 2.45) is 0 Å². The van der Waals surface area contributed by atoms with Crippen LogP contribution in [-0.2, 0) is 20.1 Å². The van der Waals surface area contributed by atoms with Crippen molar-refractivity contribution < 1.29 is 23.0 Å². The Balaban J connectivity index is 2.89.